The van der Waals surface area contributed by atoms with E-state index < -0.39 is 0 Å². The Morgan fingerprint density at radius 2 is 2.10 bits per heavy atom. The molecule has 1 saturated heterocycles. The average Bonchev–Trinajstić information content (AvgIpc) is 2.83. The molecular formula is C14H23N3O2S. The molecule has 1 aliphatic rings. The van der Waals surface area contributed by atoms with Crippen LogP contribution >= 0.6 is 11.3 Å². The number of thiazole rings is 1. The molecule has 5 nitrogen and oxygen atoms in total. The maximum atomic E-state index is 11.9. The normalized spacial score (nSPS) is 16.1. The lowest BCUT2D eigenvalue weighted by atomic mass is 10.1. The second-order valence-electron chi connectivity index (χ2n) is 4.87. The summed E-state index contributed by atoms with van der Waals surface area (Å²) in [4.78, 5) is 19.5. The van der Waals surface area contributed by atoms with Gasteiger partial charge >= 0.3 is 5.97 Å². The number of hydrogen-bond acceptors (Lipinski definition) is 6. The lowest BCUT2D eigenvalue weighted by Gasteiger charge is -2.25. The molecule has 1 aromatic heterocycles. The number of ether oxygens (including phenoxy) is 1. The fourth-order valence-electron chi connectivity index (χ4n) is 2.36. The van der Waals surface area contributed by atoms with Gasteiger partial charge in [0, 0.05) is 6.54 Å². The van der Waals surface area contributed by atoms with Gasteiger partial charge in [-0.1, -0.05) is 6.42 Å². The van der Waals surface area contributed by atoms with Crippen molar-refractivity contribution in [1.82, 2.24) is 9.88 Å². The van der Waals surface area contributed by atoms with E-state index in [9.17, 15) is 4.79 Å². The summed E-state index contributed by atoms with van der Waals surface area (Å²) in [7, 11) is 0. The highest BCUT2D eigenvalue weighted by Crippen LogP contribution is 2.26. The molecule has 0 atom stereocenters. The van der Waals surface area contributed by atoms with Crippen molar-refractivity contribution in [2.45, 2.75) is 39.7 Å². The third-order valence-corrected chi connectivity index (χ3v) is 4.30. The highest BCUT2D eigenvalue weighted by molar-refractivity contribution is 7.14. The zero-order valence-electron chi connectivity index (χ0n) is 12.3. The standard InChI is InChI=1S/C14H23N3O2S/c1-3-15-13-12(14(18)19-4-2)20-11(16-13)10-17-8-6-5-7-9-17/h15H,3-10H2,1-2H3. The van der Waals surface area contributed by atoms with Gasteiger partial charge in [0.05, 0.1) is 13.2 Å². The van der Waals surface area contributed by atoms with Crippen LogP contribution in [0, 0.1) is 0 Å². The van der Waals surface area contributed by atoms with Crippen molar-refractivity contribution in [1.29, 1.82) is 0 Å². The molecule has 0 spiro atoms. The Kier molecular flexibility index (Phi) is 5.79. The van der Waals surface area contributed by atoms with Gasteiger partial charge in [0.25, 0.3) is 0 Å². The number of aromatic nitrogens is 1. The predicted molar refractivity (Wildman–Crippen MR) is 81.4 cm³/mol. The van der Waals surface area contributed by atoms with E-state index in [4.69, 9.17) is 4.74 Å². The number of esters is 1. The molecule has 1 aromatic rings. The lowest BCUT2D eigenvalue weighted by molar-refractivity contribution is 0.0533. The molecule has 20 heavy (non-hydrogen) atoms. The number of nitrogens with one attached hydrogen (secondary N) is 1. The first-order valence-corrected chi connectivity index (χ1v) is 8.19. The molecule has 0 bridgehead atoms. The zero-order valence-corrected chi connectivity index (χ0v) is 13.1. The smallest absolute Gasteiger partial charge is 0.352 e. The number of carbonyl (C=O) groups is 1. The van der Waals surface area contributed by atoms with E-state index in [0.717, 1.165) is 31.2 Å². The number of hydrogen-bond donors (Lipinski definition) is 1. The van der Waals surface area contributed by atoms with E-state index >= 15 is 0 Å². The molecule has 0 saturated carbocycles. The van der Waals surface area contributed by atoms with Crippen LogP contribution in [0.15, 0.2) is 0 Å². The van der Waals surface area contributed by atoms with Gasteiger partial charge in [-0.15, -0.1) is 11.3 Å². The fourth-order valence-corrected chi connectivity index (χ4v) is 3.34. The Morgan fingerprint density at radius 1 is 1.35 bits per heavy atom. The average molecular weight is 297 g/mol. The molecule has 0 aromatic carbocycles. The van der Waals surface area contributed by atoms with Gasteiger partial charge in [-0.3, -0.25) is 4.90 Å². The summed E-state index contributed by atoms with van der Waals surface area (Å²) in [6.45, 7) is 8.06. The Labute approximate surface area is 124 Å². The molecule has 0 aliphatic carbocycles. The van der Waals surface area contributed by atoms with Gasteiger partial charge in [-0.25, -0.2) is 9.78 Å². The molecule has 0 unspecified atom stereocenters. The van der Waals surface area contributed by atoms with Crippen LogP contribution < -0.4 is 5.32 Å². The third-order valence-electron chi connectivity index (χ3n) is 3.28. The second kappa shape index (κ2) is 7.59. The minimum atomic E-state index is -0.272. The van der Waals surface area contributed by atoms with Crippen molar-refractivity contribution in [3.63, 3.8) is 0 Å². The van der Waals surface area contributed by atoms with E-state index in [0.29, 0.717) is 17.3 Å². The summed E-state index contributed by atoms with van der Waals surface area (Å²) in [5.41, 5.74) is 0. The molecule has 6 heteroatoms. The second-order valence-corrected chi connectivity index (χ2v) is 5.96. The van der Waals surface area contributed by atoms with E-state index in [1.165, 1.54) is 30.6 Å². The summed E-state index contributed by atoms with van der Waals surface area (Å²) < 4.78 is 5.10. The zero-order chi connectivity index (χ0) is 14.4. The molecule has 0 amide bonds. The largest absolute Gasteiger partial charge is 0.462 e. The van der Waals surface area contributed by atoms with Crippen LogP contribution in [0.5, 0.6) is 0 Å². The van der Waals surface area contributed by atoms with Gasteiger partial charge in [-0.2, -0.15) is 0 Å². The van der Waals surface area contributed by atoms with Gasteiger partial charge in [-0.05, 0) is 39.8 Å². The van der Waals surface area contributed by atoms with Gasteiger partial charge in [0.15, 0.2) is 10.7 Å². The number of piperidine rings is 1. The number of carbonyl (C=O) groups excluding carboxylic acids is 1. The van der Waals surface area contributed by atoms with Crippen molar-refractivity contribution in [2.24, 2.45) is 0 Å². The topological polar surface area (TPSA) is 54.5 Å². The van der Waals surface area contributed by atoms with Crippen molar-refractivity contribution in [3.8, 4) is 0 Å². The lowest BCUT2D eigenvalue weighted by Crippen LogP contribution is -2.29. The van der Waals surface area contributed by atoms with Crippen LogP contribution in [0.3, 0.4) is 0 Å². The summed E-state index contributed by atoms with van der Waals surface area (Å²) in [5, 5.41) is 4.14. The molecule has 2 heterocycles. The van der Waals surface area contributed by atoms with Gasteiger partial charge < -0.3 is 10.1 Å². The molecule has 1 aliphatic heterocycles. The van der Waals surface area contributed by atoms with Crippen LogP contribution in [-0.2, 0) is 11.3 Å². The monoisotopic (exact) mass is 297 g/mol. The van der Waals surface area contributed by atoms with Crippen LogP contribution in [0.2, 0.25) is 0 Å². The molecule has 2 rings (SSSR count). The Morgan fingerprint density at radius 3 is 2.75 bits per heavy atom. The highest BCUT2D eigenvalue weighted by Gasteiger charge is 2.20. The Bertz CT molecular complexity index is 442. The van der Waals surface area contributed by atoms with E-state index in [-0.39, 0.29) is 5.97 Å². The van der Waals surface area contributed by atoms with Crippen molar-refractivity contribution >= 4 is 23.1 Å². The molecule has 112 valence electrons. The minimum absolute atomic E-state index is 0.272. The quantitative estimate of drug-likeness (QED) is 0.818. The van der Waals surface area contributed by atoms with Crippen molar-refractivity contribution in [3.05, 3.63) is 9.88 Å². The Hall–Kier alpha value is -1.14. The number of likely N-dealkylation sites (tertiary alicyclic amines) is 1. The molecular weight excluding hydrogens is 274 g/mol. The van der Waals surface area contributed by atoms with Gasteiger partial charge in [0.1, 0.15) is 5.01 Å². The fraction of sp³-hybridized carbons (Fsp3) is 0.714. The summed E-state index contributed by atoms with van der Waals surface area (Å²) in [6.07, 6.45) is 3.84. The van der Waals surface area contributed by atoms with Crippen LogP contribution in [-0.4, -0.2) is 42.1 Å². The summed E-state index contributed by atoms with van der Waals surface area (Å²) in [6, 6.07) is 0. The minimum Gasteiger partial charge on any atom is -0.462 e. The maximum absolute atomic E-state index is 11.9. The summed E-state index contributed by atoms with van der Waals surface area (Å²) >= 11 is 1.45. The molecule has 1 fully saturated rings. The third kappa shape index (κ3) is 3.93. The number of rotatable bonds is 6. The maximum Gasteiger partial charge on any atom is 0.352 e. The van der Waals surface area contributed by atoms with Crippen LogP contribution in [0.4, 0.5) is 5.82 Å². The Balaban J connectivity index is 2.08. The molecule has 1 N–H and O–H groups in total. The molecule has 0 radical (unpaired) electrons. The number of anilines is 1. The van der Waals surface area contributed by atoms with Crippen molar-refractivity contribution < 1.29 is 9.53 Å². The SMILES string of the molecule is CCNc1nc(CN2CCCCC2)sc1C(=O)OCC. The highest BCUT2D eigenvalue weighted by atomic mass is 32.1. The van der Waals surface area contributed by atoms with E-state index in [1.807, 2.05) is 13.8 Å². The first-order chi connectivity index (χ1) is 9.74. The predicted octanol–water partition coefficient (Wildman–Crippen LogP) is 2.74. The number of nitrogens with zero attached hydrogens (tertiary/aromatic N) is 2. The van der Waals surface area contributed by atoms with E-state index in [2.05, 4.69) is 15.2 Å². The van der Waals surface area contributed by atoms with Gasteiger partial charge in [0.2, 0.25) is 0 Å². The first-order valence-electron chi connectivity index (χ1n) is 7.37. The summed E-state index contributed by atoms with van der Waals surface area (Å²) in [5.74, 6) is 0.397. The van der Waals surface area contributed by atoms with Crippen molar-refractivity contribution in [2.75, 3.05) is 31.6 Å². The van der Waals surface area contributed by atoms with Crippen LogP contribution in [0.25, 0.3) is 0 Å². The van der Waals surface area contributed by atoms with Crippen LogP contribution in [0.1, 0.15) is 47.8 Å². The first kappa shape index (κ1) is 15.3. The van der Waals surface area contributed by atoms with E-state index in [1.54, 1.807) is 0 Å².